The minimum absolute atomic E-state index is 0.0830. The lowest BCUT2D eigenvalue weighted by molar-refractivity contribution is -0.122. The van der Waals surface area contributed by atoms with E-state index in [9.17, 15) is 9.59 Å². The number of ether oxygens (including phenoxy) is 2. The molecule has 0 saturated carbocycles. The summed E-state index contributed by atoms with van der Waals surface area (Å²) in [6.07, 6.45) is 0.0830. The van der Waals surface area contributed by atoms with Crippen LogP contribution >= 0.6 is 11.6 Å². The molecule has 0 bridgehead atoms. The van der Waals surface area contributed by atoms with Crippen molar-refractivity contribution in [3.63, 3.8) is 0 Å². The number of carbonyl (C=O) groups is 2. The fraction of sp³-hybridized carbons (Fsp3) is 0.250. The molecular weight excluding hydrogens is 382 g/mol. The van der Waals surface area contributed by atoms with Crippen molar-refractivity contribution in [3.8, 4) is 17.6 Å². The second kappa shape index (κ2) is 8.19. The number of benzene rings is 2. The molecule has 1 fully saturated rings. The highest BCUT2D eigenvalue weighted by atomic mass is 35.5. The van der Waals surface area contributed by atoms with E-state index in [2.05, 4.69) is 5.32 Å². The van der Waals surface area contributed by atoms with Gasteiger partial charge in [-0.3, -0.25) is 9.59 Å². The Kier molecular flexibility index (Phi) is 5.71. The van der Waals surface area contributed by atoms with E-state index in [1.54, 1.807) is 37.4 Å². The van der Waals surface area contributed by atoms with Gasteiger partial charge in [0.2, 0.25) is 11.8 Å². The average Bonchev–Trinajstić information content (AvgIpc) is 3.10. The van der Waals surface area contributed by atoms with Crippen molar-refractivity contribution in [1.82, 2.24) is 0 Å². The molecule has 144 valence electrons. The second-order valence-electron chi connectivity index (χ2n) is 6.24. The van der Waals surface area contributed by atoms with Crippen molar-refractivity contribution in [2.45, 2.75) is 6.42 Å². The van der Waals surface area contributed by atoms with Gasteiger partial charge in [0.05, 0.1) is 36.4 Å². The summed E-state index contributed by atoms with van der Waals surface area (Å²) < 4.78 is 10.5. The number of nitrogens with one attached hydrogen (secondary N) is 1. The summed E-state index contributed by atoms with van der Waals surface area (Å²) in [6, 6.07) is 11.8. The van der Waals surface area contributed by atoms with E-state index in [-0.39, 0.29) is 30.3 Å². The van der Waals surface area contributed by atoms with Gasteiger partial charge >= 0.3 is 0 Å². The number of methoxy groups -OCH3 is 2. The Morgan fingerprint density at radius 2 is 2.04 bits per heavy atom. The molecule has 1 heterocycles. The molecule has 28 heavy (non-hydrogen) atoms. The fourth-order valence-electron chi connectivity index (χ4n) is 3.06. The van der Waals surface area contributed by atoms with Crippen LogP contribution in [0.15, 0.2) is 36.4 Å². The smallest absolute Gasteiger partial charge is 0.229 e. The molecule has 1 aliphatic rings. The van der Waals surface area contributed by atoms with Crippen LogP contribution in [0.5, 0.6) is 11.5 Å². The van der Waals surface area contributed by atoms with Gasteiger partial charge in [0.15, 0.2) is 0 Å². The number of rotatable bonds is 5. The molecule has 1 aliphatic heterocycles. The highest BCUT2D eigenvalue weighted by molar-refractivity contribution is 6.31. The standard InChI is InChI=1S/C20H18ClN3O4/c1-27-15-4-6-17(18(9-15)28-2)24-11-13(8-19(24)25)20(26)23-14-3-5-16(21)12(7-14)10-22/h3-7,9,13H,8,11H2,1-2H3,(H,23,26). The first-order valence-corrected chi connectivity index (χ1v) is 8.87. The van der Waals surface area contributed by atoms with Crippen LogP contribution in [0.3, 0.4) is 0 Å². The van der Waals surface area contributed by atoms with Gasteiger partial charge in [-0.15, -0.1) is 0 Å². The zero-order valence-electron chi connectivity index (χ0n) is 15.4. The highest BCUT2D eigenvalue weighted by Gasteiger charge is 2.36. The molecular formula is C20H18ClN3O4. The third kappa shape index (κ3) is 3.87. The number of hydrogen-bond donors (Lipinski definition) is 1. The Morgan fingerprint density at radius 3 is 2.71 bits per heavy atom. The molecule has 1 saturated heterocycles. The maximum atomic E-state index is 12.6. The molecule has 1 atom stereocenters. The Bertz CT molecular complexity index is 970. The van der Waals surface area contributed by atoms with Crippen LogP contribution < -0.4 is 19.7 Å². The summed E-state index contributed by atoms with van der Waals surface area (Å²) in [5, 5.41) is 12.1. The summed E-state index contributed by atoms with van der Waals surface area (Å²) in [5.74, 6) is 0.107. The lowest BCUT2D eigenvalue weighted by Gasteiger charge is -2.20. The number of nitriles is 1. The van der Waals surface area contributed by atoms with Crippen molar-refractivity contribution in [3.05, 3.63) is 47.0 Å². The Labute approximate surface area is 167 Å². The van der Waals surface area contributed by atoms with Gasteiger partial charge < -0.3 is 19.7 Å². The lowest BCUT2D eigenvalue weighted by atomic mass is 10.1. The summed E-state index contributed by atoms with van der Waals surface area (Å²) in [5.41, 5.74) is 1.31. The minimum atomic E-state index is -0.527. The normalized spacial score (nSPS) is 15.9. The summed E-state index contributed by atoms with van der Waals surface area (Å²) >= 11 is 5.91. The van der Waals surface area contributed by atoms with Crippen molar-refractivity contribution >= 4 is 34.8 Å². The van der Waals surface area contributed by atoms with Crippen LogP contribution in [-0.2, 0) is 9.59 Å². The number of anilines is 2. The molecule has 3 rings (SSSR count). The fourth-order valence-corrected chi connectivity index (χ4v) is 3.22. The van der Waals surface area contributed by atoms with Gasteiger partial charge in [0.25, 0.3) is 0 Å². The number of halogens is 1. The Hall–Kier alpha value is -3.24. The van der Waals surface area contributed by atoms with Crippen molar-refractivity contribution < 1.29 is 19.1 Å². The first-order chi connectivity index (χ1) is 13.5. The van der Waals surface area contributed by atoms with Gasteiger partial charge in [-0.05, 0) is 30.3 Å². The SMILES string of the molecule is COc1ccc(N2CC(C(=O)Nc3ccc(Cl)c(C#N)c3)CC2=O)c(OC)c1. The molecule has 7 nitrogen and oxygen atoms in total. The van der Waals surface area contributed by atoms with Crippen LogP contribution in [-0.4, -0.2) is 32.6 Å². The Balaban J connectivity index is 1.76. The molecule has 1 unspecified atom stereocenters. The number of amides is 2. The Morgan fingerprint density at radius 1 is 1.25 bits per heavy atom. The molecule has 0 aliphatic carbocycles. The van der Waals surface area contributed by atoms with Crippen LogP contribution in [0, 0.1) is 17.2 Å². The van der Waals surface area contributed by atoms with Gasteiger partial charge in [-0.25, -0.2) is 0 Å². The van der Waals surface area contributed by atoms with E-state index in [0.717, 1.165) is 0 Å². The molecule has 2 aromatic rings. The van der Waals surface area contributed by atoms with Crippen LogP contribution in [0.2, 0.25) is 5.02 Å². The second-order valence-corrected chi connectivity index (χ2v) is 6.65. The van der Waals surface area contributed by atoms with Crippen molar-refractivity contribution in [2.75, 3.05) is 31.0 Å². The lowest BCUT2D eigenvalue weighted by Crippen LogP contribution is -2.28. The van der Waals surface area contributed by atoms with Gasteiger partial charge in [0, 0.05) is 24.7 Å². The average molecular weight is 400 g/mol. The van der Waals surface area contributed by atoms with E-state index in [1.807, 2.05) is 6.07 Å². The van der Waals surface area contributed by atoms with Crippen LogP contribution in [0.25, 0.3) is 0 Å². The summed E-state index contributed by atoms with van der Waals surface area (Å²) in [6.45, 7) is 0.228. The van der Waals surface area contributed by atoms with E-state index < -0.39 is 5.92 Å². The zero-order chi connectivity index (χ0) is 20.3. The van der Waals surface area contributed by atoms with E-state index in [1.165, 1.54) is 18.1 Å². The molecule has 0 spiro atoms. The molecule has 2 aromatic carbocycles. The third-order valence-corrected chi connectivity index (χ3v) is 4.86. The largest absolute Gasteiger partial charge is 0.497 e. The first kappa shape index (κ1) is 19.5. The topological polar surface area (TPSA) is 91.7 Å². The van der Waals surface area contributed by atoms with E-state index in [4.69, 9.17) is 26.3 Å². The number of carbonyl (C=O) groups excluding carboxylic acids is 2. The van der Waals surface area contributed by atoms with Crippen LogP contribution in [0.1, 0.15) is 12.0 Å². The predicted octanol–water partition coefficient (Wildman–Crippen LogP) is 3.22. The quantitative estimate of drug-likeness (QED) is 0.833. The molecule has 0 radical (unpaired) electrons. The summed E-state index contributed by atoms with van der Waals surface area (Å²) in [7, 11) is 3.06. The van der Waals surface area contributed by atoms with Crippen molar-refractivity contribution in [1.29, 1.82) is 5.26 Å². The molecule has 8 heteroatoms. The maximum absolute atomic E-state index is 12.6. The molecule has 0 aromatic heterocycles. The minimum Gasteiger partial charge on any atom is -0.497 e. The highest BCUT2D eigenvalue weighted by Crippen LogP contribution is 2.36. The maximum Gasteiger partial charge on any atom is 0.229 e. The number of nitrogens with zero attached hydrogens (tertiary/aromatic N) is 2. The zero-order valence-corrected chi connectivity index (χ0v) is 16.1. The molecule has 1 N–H and O–H groups in total. The van der Waals surface area contributed by atoms with E-state index in [0.29, 0.717) is 27.9 Å². The first-order valence-electron chi connectivity index (χ1n) is 8.49. The summed E-state index contributed by atoms with van der Waals surface area (Å²) in [4.78, 5) is 26.7. The van der Waals surface area contributed by atoms with Crippen molar-refractivity contribution in [2.24, 2.45) is 5.92 Å². The molecule has 2 amide bonds. The van der Waals surface area contributed by atoms with E-state index >= 15 is 0 Å². The van der Waals surface area contributed by atoms with Crippen LogP contribution in [0.4, 0.5) is 11.4 Å². The monoisotopic (exact) mass is 399 g/mol. The predicted molar refractivity (Wildman–Crippen MR) is 105 cm³/mol. The van der Waals surface area contributed by atoms with Gasteiger partial charge in [0.1, 0.15) is 17.6 Å². The third-order valence-electron chi connectivity index (χ3n) is 4.53. The van der Waals surface area contributed by atoms with Gasteiger partial charge in [-0.1, -0.05) is 11.6 Å². The van der Waals surface area contributed by atoms with Gasteiger partial charge in [-0.2, -0.15) is 5.26 Å². The number of hydrogen-bond acceptors (Lipinski definition) is 5.